The minimum atomic E-state index is 0.277. The maximum atomic E-state index is 12.6. The van der Waals surface area contributed by atoms with Crippen molar-refractivity contribution in [2.75, 3.05) is 44.2 Å². The van der Waals surface area contributed by atoms with Crippen LogP contribution in [0.15, 0.2) is 30.3 Å². The van der Waals surface area contributed by atoms with Crippen LogP contribution in [0.2, 0.25) is 0 Å². The third kappa shape index (κ3) is 4.14. The number of amides is 2. The van der Waals surface area contributed by atoms with Crippen molar-refractivity contribution in [3.63, 3.8) is 0 Å². The van der Waals surface area contributed by atoms with Crippen LogP contribution in [0.5, 0.6) is 0 Å². The lowest BCUT2D eigenvalue weighted by Crippen LogP contribution is -2.52. The Bertz CT molecular complexity index is 579. The summed E-state index contributed by atoms with van der Waals surface area (Å²) in [4.78, 5) is 19.2. The number of benzene rings is 1. The molecule has 3 fully saturated rings. The number of anilines is 1. The van der Waals surface area contributed by atoms with Gasteiger partial charge in [-0.25, -0.2) is 4.79 Å². The van der Waals surface area contributed by atoms with Crippen LogP contribution >= 0.6 is 0 Å². The van der Waals surface area contributed by atoms with Gasteiger partial charge in [0.2, 0.25) is 0 Å². The Balaban J connectivity index is 1.21. The molecule has 26 heavy (non-hydrogen) atoms. The Kier molecular flexibility index (Phi) is 5.63. The molecule has 4 rings (SSSR count). The summed E-state index contributed by atoms with van der Waals surface area (Å²) in [6.07, 6.45) is 6.99. The number of nitrogens with one attached hydrogen (secondary N) is 1. The Morgan fingerprint density at radius 2 is 1.46 bits per heavy atom. The largest absolute Gasteiger partial charge is 0.370 e. The van der Waals surface area contributed by atoms with Crippen LogP contribution in [0.4, 0.5) is 10.5 Å². The number of likely N-dealkylation sites (tertiary alicyclic amines) is 2. The highest BCUT2D eigenvalue weighted by Gasteiger charge is 2.30. The molecule has 0 spiro atoms. The number of piperidine rings is 2. The van der Waals surface area contributed by atoms with E-state index in [1.165, 1.54) is 31.4 Å². The van der Waals surface area contributed by atoms with Gasteiger partial charge in [0.1, 0.15) is 0 Å². The van der Waals surface area contributed by atoms with Crippen LogP contribution in [0.3, 0.4) is 0 Å². The zero-order valence-corrected chi connectivity index (χ0v) is 15.8. The van der Waals surface area contributed by atoms with Crippen molar-refractivity contribution >= 4 is 11.7 Å². The van der Waals surface area contributed by atoms with E-state index in [9.17, 15) is 4.79 Å². The van der Waals surface area contributed by atoms with Crippen molar-refractivity contribution in [3.8, 4) is 0 Å². The zero-order chi connectivity index (χ0) is 17.8. The number of nitrogens with zero attached hydrogens (tertiary/aromatic N) is 3. The molecule has 3 aliphatic rings. The molecule has 3 aliphatic heterocycles. The van der Waals surface area contributed by atoms with Gasteiger partial charge in [0, 0.05) is 57.0 Å². The lowest BCUT2D eigenvalue weighted by Gasteiger charge is -2.38. The van der Waals surface area contributed by atoms with Gasteiger partial charge < -0.3 is 20.0 Å². The van der Waals surface area contributed by atoms with Crippen molar-refractivity contribution in [1.82, 2.24) is 15.1 Å². The Morgan fingerprint density at radius 3 is 2.19 bits per heavy atom. The van der Waals surface area contributed by atoms with Gasteiger partial charge in [-0.15, -0.1) is 0 Å². The van der Waals surface area contributed by atoms with E-state index in [4.69, 9.17) is 0 Å². The summed E-state index contributed by atoms with van der Waals surface area (Å²) < 4.78 is 0. The molecular formula is C21H32N4O. The zero-order valence-electron chi connectivity index (χ0n) is 15.8. The number of urea groups is 1. The van der Waals surface area contributed by atoms with Crippen LogP contribution in [-0.2, 0) is 0 Å². The van der Waals surface area contributed by atoms with Crippen LogP contribution in [0.1, 0.15) is 38.5 Å². The summed E-state index contributed by atoms with van der Waals surface area (Å²) in [6, 6.07) is 12.1. The van der Waals surface area contributed by atoms with Gasteiger partial charge in [0.25, 0.3) is 0 Å². The number of hydrogen-bond donors (Lipinski definition) is 1. The van der Waals surface area contributed by atoms with Gasteiger partial charge in [-0.2, -0.15) is 0 Å². The molecule has 0 bridgehead atoms. The minimum Gasteiger partial charge on any atom is -0.370 e. The second kappa shape index (κ2) is 8.30. The smallest absolute Gasteiger partial charge is 0.319 e. The van der Waals surface area contributed by atoms with E-state index in [-0.39, 0.29) is 6.03 Å². The fraction of sp³-hybridized carbons (Fsp3) is 0.667. The lowest BCUT2D eigenvalue weighted by atomic mass is 10.0. The molecule has 1 N–H and O–H groups in total. The predicted octanol–water partition coefficient (Wildman–Crippen LogP) is 2.93. The third-order valence-electron chi connectivity index (χ3n) is 6.17. The maximum Gasteiger partial charge on any atom is 0.319 e. The third-order valence-corrected chi connectivity index (χ3v) is 6.17. The molecule has 3 saturated heterocycles. The van der Waals surface area contributed by atoms with E-state index in [0.29, 0.717) is 12.1 Å². The second-order valence-electron chi connectivity index (χ2n) is 8.03. The van der Waals surface area contributed by atoms with Crippen LogP contribution in [0, 0.1) is 0 Å². The van der Waals surface area contributed by atoms with E-state index in [0.717, 1.165) is 52.1 Å². The monoisotopic (exact) mass is 356 g/mol. The standard InChI is InChI=1S/C21H32N4O/c26-21(23-12-5-2-6-13-23)24-14-9-18(10-15-24)22-19-11-16-25(17-19)20-7-3-1-4-8-20/h1,3-4,7-8,18-19,22H,2,5-6,9-17H2. The van der Waals surface area contributed by atoms with Crippen molar-refractivity contribution in [2.45, 2.75) is 50.6 Å². The molecule has 0 aromatic heterocycles. The first-order chi connectivity index (χ1) is 12.8. The number of hydrogen-bond acceptors (Lipinski definition) is 3. The predicted molar refractivity (Wildman–Crippen MR) is 106 cm³/mol. The molecule has 5 heteroatoms. The average molecular weight is 357 g/mol. The van der Waals surface area contributed by atoms with E-state index in [2.05, 4.69) is 50.3 Å². The fourth-order valence-corrected chi connectivity index (χ4v) is 4.63. The molecule has 1 atom stereocenters. The fourth-order valence-electron chi connectivity index (χ4n) is 4.63. The van der Waals surface area contributed by atoms with Crippen LogP contribution in [0.25, 0.3) is 0 Å². The van der Waals surface area contributed by atoms with E-state index >= 15 is 0 Å². The molecular weight excluding hydrogens is 324 g/mol. The number of rotatable bonds is 3. The highest BCUT2D eigenvalue weighted by Crippen LogP contribution is 2.22. The number of carbonyl (C=O) groups excluding carboxylic acids is 1. The summed E-state index contributed by atoms with van der Waals surface area (Å²) in [6.45, 7) is 5.94. The van der Waals surface area contributed by atoms with Crippen LogP contribution < -0.4 is 10.2 Å². The summed E-state index contributed by atoms with van der Waals surface area (Å²) >= 11 is 0. The second-order valence-corrected chi connectivity index (χ2v) is 8.03. The Labute approximate surface area is 157 Å². The number of carbonyl (C=O) groups is 1. The SMILES string of the molecule is O=C(N1CCCCC1)N1CCC(NC2CCN(c3ccccc3)C2)CC1. The van der Waals surface area contributed by atoms with Gasteiger partial charge in [-0.3, -0.25) is 0 Å². The lowest BCUT2D eigenvalue weighted by molar-refractivity contribution is 0.128. The summed E-state index contributed by atoms with van der Waals surface area (Å²) in [5, 5.41) is 3.86. The first-order valence-electron chi connectivity index (χ1n) is 10.4. The van der Waals surface area contributed by atoms with E-state index < -0.39 is 0 Å². The molecule has 3 heterocycles. The summed E-state index contributed by atoms with van der Waals surface area (Å²) in [7, 11) is 0. The van der Waals surface area contributed by atoms with Crippen molar-refractivity contribution in [2.24, 2.45) is 0 Å². The molecule has 1 aromatic carbocycles. The maximum absolute atomic E-state index is 12.6. The Hall–Kier alpha value is -1.75. The molecule has 0 saturated carbocycles. The van der Waals surface area contributed by atoms with Crippen molar-refractivity contribution < 1.29 is 4.79 Å². The van der Waals surface area contributed by atoms with Gasteiger partial charge >= 0.3 is 6.03 Å². The molecule has 5 nitrogen and oxygen atoms in total. The molecule has 0 aliphatic carbocycles. The van der Waals surface area contributed by atoms with Crippen molar-refractivity contribution in [1.29, 1.82) is 0 Å². The number of para-hydroxylation sites is 1. The Morgan fingerprint density at radius 1 is 0.808 bits per heavy atom. The topological polar surface area (TPSA) is 38.8 Å². The average Bonchev–Trinajstić information content (AvgIpc) is 3.18. The summed E-state index contributed by atoms with van der Waals surface area (Å²) in [5.41, 5.74) is 1.33. The van der Waals surface area contributed by atoms with Gasteiger partial charge in [0.05, 0.1) is 0 Å². The minimum absolute atomic E-state index is 0.277. The van der Waals surface area contributed by atoms with Crippen molar-refractivity contribution in [3.05, 3.63) is 30.3 Å². The van der Waals surface area contributed by atoms with Gasteiger partial charge in [-0.1, -0.05) is 18.2 Å². The quantitative estimate of drug-likeness (QED) is 0.905. The van der Waals surface area contributed by atoms with Gasteiger partial charge in [0.15, 0.2) is 0 Å². The first kappa shape index (κ1) is 17.7. The molecule has 1 unspecified atom stereocenters. The van der Waals surface area contributed by atoms with Gasteiger partial charge in [-0.05, 0) is 50.7 Å². The van der Waals surface area contributed by atoms with E-state index in [1.807, 2.05) is 0 Å². The molecule has 2 amide bonds. The van der Waals surface area contributed by atoms with Crippen LogP contribution in [-0.4, -0.2) is 67.2 Å². The first-order valence-corrected chi connectivity index (χ1v) is 10.4. The highest BCUT2D eigenvalue weighted by molar-refractivity contribution is 5.74. The summed E-state index contributed by atoms with van der Waals surface area (Å²) in [5.74, 6) is 0. The van der Waals surface area contributed by atoms with E-state index in [1.54, 1.807) is 0 Å². The molecule has 0 radical (unpaired) electrons. The normalized spacial score (nSPS) is 24.9. The molecule has 142 valence electrons. The molecule has 1 aromatic rings. The highest BCUT2D eigenvalue weighted by atomic mass is 16.2.